The van der Waals surface area contributed by atoms with E-state index < -0.39 is 53.8 Å². The number of nitrogens with one attached hydrogen (secondary N) is 3. The van der Waals surface area contributed by atoms with Crippen LogP contribution in [-0.2, 0) is 20.9 Å². The van der Waals surface area contributed by atoms with Crippen molar-refractivity contribution in [3.8, 4) is 0 Å². The Morgan fingerprint density at radius 1 is 1.25 bits per heavy atom. The van der Waals surface area contributed by atoms with Crippen LogP contribution in [0.1, 0.15) is 13.8 Å². The molecule has 11 nitrogen and oxygen atoms in total. The molecule has 0 aliphatic heterocycles. The van der Waals surface area contributed by atoms with Crippen molar-refractivity contribution < 1.29 is 24.6 Å². The lowest BCUT2D eigenvalue weighted by atomic mass is 10.1. The van der Waals surface area contributed by atoms with Crippen LogP contribution in [0.3, 0.4) is 0 Å². The van der Waals surface area contributed by atoms with Gasteiger partial charge in [0, 0.05) is 12.3 Å². The second-order valence-electron chi connectivity index (χ2n) is 5.09. The van der Waals surface area contributed by atoms with Crippen LogP contribution < -0.4 is 21.9 Å². The molecule has 3 atom stereocenters. The number of hydrogen-bond donors (Lipinski definition) is 5. The second kappa shape index (κ2) is 8.06. The Bertz CT molecular complexity index is 736. The van der Waals surface area contributed by atoms with Gasteiger partial charge in [-0.05, 0) is 13.8 Å². The molecule has 2 amide bonds. The van der Waals surface area contributed by atoms with Crippen molar-refractivity contribution in [1.82, 2.24) is 20.2 Å². The molecule has 1 aromatic heterocycles. The molecule has 0 saturated carbocycles. The number of aromatic nitrogens is 2. The van der Waals surface area contributed by atoms with Gasteiger partial charge in [-0.15, -0.1) is 0 Å². The Balaban J connectivity index is 2.66. The molecule has 1 rings (SSSR count). The topological polar surface area (TPSA) is 171 Å². The van der Waals surface area contributed by atoms with Gasteiger partial charge in [0.25, 0.3) is 5.56 Å². The highest BCUT2D eigenvalue weighted by atomic mass is 16.4. The Kier molecular flexibility index (Phi) is 6.41. The number of amides is 2. The molecular formula is C13H18N4O7. The highest BCUT2D eigenvalue weighted by Gasteiger charge is 2.27. The molecule has 11 heteroatoms. The third kappa shape index (κ3) is 5.35. The van der Waals surface area contributed by atoms with Crippen LogP contribution in [0, 0.1) is 0 Å². The fourth-order valence-corrected chi connectivity index (χ4v) is 1.74. The Morgan fingerprint density at radius 2 is 1.88 bits per heavy atom. The molecule has 0 aliphatic rings. The first kappa shape index (κ1) is 19.1. The van der Waals surface area contributed by atoms with Gasteiger partial charge in [0.1, 0.15) is 12.6 Å². The van der Waals surface area contributed by atoms with Gasteiger partial charge >= 0.3 is 11.7 Å². The average molecular weight is 342 g/mol. The number of nitrogens with zero attached hydrogens (tertiary/aromatic N) is 1. The highest BCUT2D eigenvalue weighted by molar-refractivity contribution is 5.90. The number of rotatable bonds is 7. The quantitative estimate of drug-likeness (QED) is 0.351. The molecule has 0 aromatic carbocycles. The maximum absolute atomic E-state index is 11.8. The summed E-state index contributed by atoms with van der Waals surface area (Å²) in [6, 6.07) is -1.56. The van der Waals surface area contributed by atoms with Crippen molar-refractivity contribution in [2.45, 2.75) is 38.6 Å². The van der Waals surface area contributed by atoms with Gasteiger partial charge in [0.05, 0.1) is 6.10 Å². The van der Waals surface area contributed by atoms with Gasteiger partial charge in [-0.25, -0.2) is 9.59 Å². The molecule has 1 heterocycles. The van der Waals surface area contributed by atoms with Crippen molar-refractivity contribution >= 4 is 17.8 Å². The van der Waals surface area contributed by atoms with Gasteiger partial charge in [-0.3, -0.25) is 23.9 Å². The standard InChI is InChI=1S/C13H18N4O7/c1-6(11(21)16-10(7(2)18)12(22)23)14-9(20)5-17-4-3-8(19)15-13(17)24/h3-4,6-7,10,18H,5H2,1-2H3,(H,14,20)(H,16,21)(H,22,23)(H,15,19,24)/t6-,7?,10-/m0/s1. The van der Waals surface area contributed by atoms with Crippen LogP contribution in [0.25, 0.3) is 0 Å². The van der Waals surface area contributed by atoms with E-state index in [0.717, 1.165) is 16.8 Å². The van der Waals surface area contributed by atoms with Crippen molar-refractivity contribution in [1.29, 1.82) is 0 Å². The molecule has 1 aromatic rings. The number of aromatic amines is 1. The zero-order valence-electron chi connectivity index (χ0n) is 13.0. The smallest absolute Gasteiger partial charge is 0.328 e. The van der Waals surface area contributed by atoms with E-state index in [1.54, 1.807) is 0 Å². The van der Waals surface area contributed by atoms with Crippen LogP contribution in [0.5, 0.6) is 0 Å². The number of aliphatic hydroxyl groups is 1. The number of carbonyl (C=O) groups is 3. The minimum absolute atomic E-state index is 0.438. The van der Waals surface area contributed by atoms with E-state index in [9.17, 15) is 29.1 Å². The van der Waals surface area contributed by atoms with Gasteiger partial charge < -0.3 is 20.8 Å². The summed E-state index contributed by atoms with van der Waals surface area (Å²) in [4.78, 5) is 58.9. The van der Waals surface area contributed by atoms with Gasteiger partial charge in [0.15, 0.2) is 6.04 Å². The zero-order chi connectivity index (χ0) is 18.4. The number of hydrogen-bond acceptors (Lipinski definition) is 6. The Hall–Kier alpha value is -2.95. The van der Waals surface area contributed by atoms with Crippen LogP contribution in [0.2, 0.25) is 0 Å². The lowest BCUT2D eigenvalue weighted by molar-refractivity contribution is -0.145. The number of H-pyrrole nitrogens is 1. The Labute approximate surface area is 135 Å². The largest absolute Gasteiger partial charge is 0.480 e. The van der Waals surface area contributed by atoms with E-state index in [4.69, 9.17) is 5.11 Å². The Morgan fingerprint density at radius 3 is 2.38 bits per heavy atom. The summed E-state index contributed by atoms with van der Waals surface area (Å²) in [5.41, 5.74) is -1.39. The van der Waals surface area contributed by atoms with E-state index in [1.807, 2.05) is 4.98 Å². The lowest BCUT2D eigenvalue weighted by Crippen LogP contribution is -2.54. The molecule has 24 heavy (non-hydrogen) atoms. The van der Waals surface area contributed by atoms with Crippen molar-refractivity contribution in [3.63, 3.8) is 0 Å². The van der Waals surface area contributed by atoms with Crippen LogP contribution >= 0.6 is 0 Å². The van der Waals surface area contributed by atoms with Crippen LogP contribution in [-0.4, -0.2) is 55.7 Å². The van der Waals surface area contributed by atoms with Crippen LogP contribution in [0.15, 0.2) is 21.9 Å². The minimum Gasteiger partial charge on any atom is -0.480 e. The lowest BCUT2D eigenvalue weighted by Gasteiger charge is -2.20. The number of aliphatic carboxylic acids is 1. The fourth-order valence-electron chi connectivity index (χ4n) is 1.74. The number of carboxylic acids is 1. The SMILES string of the molecule is CC(O)[C@H](NC(=O)[C@H](C)NC(=O)Cn1ccc(=O)[nH]c1=O)C(=O)O. The summed E-state index contributed by atoms with van der Waals surface area (Å²) in [5.74, 6) is -2.93. The van der Waals surface area contributed by atoms with E-state index in [0.29, 0.717) is 0 Å². The van der Waals surface area contributed by atoms with Crippen molar-refractivity contribution in [2.24, 2.45) is 0 Å². The van der Waals surface area contributed by atoms with E-state index >= 15 is 0 Å². The first-order chi connectivity index (χ1) is 11.1. The monoisotopic (exact) mass is 342 g/mol. The summed E-state index contributed by atoms with van der Waals surface area (Å²) in [5, 5.41) is 22.5. The van der Waals surface area contributed by atoms with E-state index in [2.05, 4.69) is 10.6 Å². The molecule has 1 unspecified atom stereocenters. The predicted molar refractivity (Wildman–Crippen MR) is 80.2 cm³/mol. The summed E-state index contributed by atoms with van der Waals surface area (Å²) < 4.78 is 0.928. The summed E-state index contributed by atoms with van der Waals surface area (Å²) in [7, 11) is 0. The van der Waals surface area contributed by atoms with Crippen molar-refractivity contribution in [2.75, 3.05) is 0 Å². The summed E-state index contributed by atoms with van der Waals surface area (Å²) >= 11 is 0. The summed E-state index contributed by atoms with van der Waals surface area (Å²) in [6.45, 7) is 2.07. The van der Waals surface area contributed by atoms with Gasteiger partial charge in [-0.1, -0.05) is 0 Å². The molecular weight excluding hydrogens is 324 g/mol. The fraction of sp³-hybridized carbons (Fsp3) is 0.462. The molecule has 5 N–H and O–H groups in total. The van der Waals surface area contributed by atoms with E-state index in [1.165, 1.54) is 13.8 Å². The minimum atomic E-state index is -1.52. The molecule has 0 spiro atoms. The van der Waals surface area contributed by atoms with E-state index in [-0.39, 0.29) is 0 Å². The molecule has 0 fully saturated rings. The summed E-state index contributed by atoms with van der Waals surface area (Å²) in [6.07, 6.45) is -0.201. The molecule has 0 saturated heterocycles. The highest BCUT2D eigenvalue weighted by Crippen LogP contribution is 1.95. The number of aliphatic hydroxyl groups excluding tert-OH is 1. The number of carboxylic acid groups (broad SMARTS) is 1. The first-order valence-electron chi connectivity index (χ1n) is 6.92. The second-order valence-corrected chi connectivity index (χ2v) is 5.09. The maximum Gasteiger partial charge on any atom is 0.328 e. The third-order valence-corrected chi connectivity index (χ3v) is 3.03. The molecule has 0 radical (unpaired) electrons. The first-order valence-corrected chi connectivity index (χ1v) is 6.92. The predicted octanol–water partition coefficient (Wildman–Crippen LogP) is -3.01. The maximum atomic E-state index is 11.8. The molecule has 0 aliphatic carbocycles. The van der Waals surface area contributed by atoms with Crippen molar-refractivity contribution in [3.05, 3.63) is 33.1 Å². The normalized spacial score (nSPS) is 14.3. The van der Waals surface area contributed by atoms with Crippen LogP contribution in [0.4, 0.5) is 0 Å². The van der Waals surface area contributed by atoms with Gasteiger partial charge in [-0.2, -0.15) is 0 Å². The number of carbonyl (C=O) groups excluding carboxylic acids is 2. The van der Waals surface area contributed by atoms with Gasteiger partial charge in [0.2, 0.25) is 11.8 Å². The molecule has 0 bridgehead atoms. The average Bonchev–Trinajstić information content (AvgIpc) is 2.46. The zero-order valence-corrected chi connectivity index (χ0v) is 13.0. The third-order valence-electron chi connectivity index (χ3n) is 3.03. The molecule has 132 valence electrons.